The molecule has 0 amide bonds. The molecular formula is C16H37N5O. The lowest BCUT2D eigenvalue weighted by molar-refractivity contribution is 0.180. The van der Waals surface area contributed by atoms with Gasteiger partial charge < -0.3 is 25.2 Å². The third kappa shape index (κ3) is 11.8. The first-order valence-corrected chi connectivity index (χ1v) is 8.59. The Hall–Kier alpha value is -0.850. The lowest BCUT2D eigenvalue weighted by Crippen LogP contribution is -2.41. The molecular weight excluding hydrogens is 278 g/mol. The maximum absolute atomic E-state index is 5.07. The fourth-order valence-corrected chi connectivity index (χ4v) is 2.14. The molecule has 2 N–H and O–H groups in total. The van der Waals surface area contributed by atoms with Crippen LogP contribution in [0.25, 0.3) is 0 Å². The van der Waals surface area contributed by atoms with Gasteiger partial charge in [-0.1, -0.05) is 13.8 Å². The quantitative estimate of drug-likeness (QED) is 0.300. The van der Waals surface area contributed by atoms with Crippen molar-refractivity contribution in [3.05, 3.63) is 0 Å². The average molecular weight is 316 g/mol. The van der Waals surface area contributed by atoms with Crippen LogP contribution in [0, 0.1) is 0 Å². The molecule has 0 unspecified atom stereocenters. The SMILES string of the molecule is CCNC(=NCCN(CC)CC)NCCN(C)CCCOC. The van der Waals surface area contributed by atoms with E-state index in [4.69, 9.17) is 4.74 Å². The van der Waals surface area contributed by atoms with Crippen molar-refractivity contribution in [3.8, 4) is 0 Å². The molecule has 0 aliphatic carbocycles. The van der Waals surface area contributed by atoms with E-state index in [1.165, 1.54) is 0 Å². The van der Waals surface area contributed by atoms with E-state index in [1.54, 1.807) is 7.11 Å². The number of methoxy groups -OCH3 is 1. The first-order chi connectivity index (χ1) is 10.7. The number of hydrogen-bond donors (Lipinski definition) is 2. The van der Waals surface area contributed by atoms with Crippen LogP contribution in [0.5, 0.6) is 0 Å². The summed E-state index contributed by atoms with van der Waals surface area (Å²) in [5, 5.41) is 6.70. The molecule has 22 heavy (non-hydrogen) atoms. The number of nitrogens with zero attached hydrogens (tertiary/aromatic N) is 3. The highest BCUT2D eigenvalue weighted by Gasteiger charge is 2.01. The lowest BCUT2D eigenvalue weighted by atomic mass is 10.4. The fraction of sp³-hybridized carbons (Fsp3) is 0.938. The Balaban J connectivity index is 3.97. The van der Waals surface area contributed by atoms with Gasteiger partial charge in [0.1, 0.15) is 0 Å². The molecule has 6 nitrogen and oxygen atoms in total. The van der Waals surface area contributed by atoms with Crippen LogP contribution in [0.1, 0.15) is 27.2 Å². The third-order valence-electron chi connectivity index (χ3n) is 3.60. The molecule has 0 spiro atoms. The van der Waals surface area contributed by atoms with Gasteiger partial charge in [-0.15, -0.1) is 0 Å². The molecule has 0 saturated heterocycles. The monoisotopic (exact) mass is 315 g/mol. The molecule has 0 aliphatic rings. The zero-order valence-corrected chi connectivity index (χ0v) is 15.3. The van der Waals surface area contributed by atoms with Gasteiger partial charge in [0.05, 0.1) is 6.54 Å². The summed E-state index contributed by atoms with van der Waals surface area (Å²) in [5.41, 5.74) is 0. The van der Waals surface area contributed by atoms with Crippen molar-refractivity contribution in [1.29, 1.82) is 0 Å². The minimum atomic E-state index is 0.827. The predicted octanol–water partition coefficient (Wildman–Crippen LogP) is 0.852. The van der Waals surface area contributed by atoms with E-state index in [1.807, 2.05) is 0 Å². The second-order valence-corrected chi connectivity index (χ2v) is 5.36. The van der Waals surface area contributed by atoms with E-state index < -0.39 is 0 Å². The highest BCUT2D eigenvalue weighted by Crippen LogP contribution is 1.88. The molecule has 0 aromatic rings. The highest BCUT2D eigenvalue weighted by atomic mass is 16.5. The second-order valence-electron chi connectivity index (χ2n) is 5.36. The largest absolute Gasteiger partial charge is 0.385 e. The Morgan fingerprint density at radius 1 is 1.05 bits per heavy atom. The lowest BCUT2D eigenvalue weighted by Gasteiger charge is -2.19. The number of guanidine groups is 1. The molecule has 0 aliphatic heterocycles. The minimum absolute atomic E-state index is 0.827. The van der Waals surface area contributed by atoms with Gasteiger partial charge in [0.25, 0.3) is 0 Å². The van der Waals surface area contributed by atoms with Gasteiger partial charge in [-0.25, -0.2) is 0 Å². The molecule has 0 heterocycles. The molecule has 0 aromatic heterocycles. The molecule has 132 valence electrons. The van der Waals surface area contributed by atoms with Crippen LogP contribution >= 0.6 is 0 Å². The molecule has 6 heteroatoms. The number of hydrogen-bond acceptors (Lipinski definition) is 4. The smallest absolute Gasteiger partial charge is 0.191 e. The fourth-order valence-electron chi connectivity index (χ4n) is 2.14. The number of aliphatic imine (C=N–C) groups is 1. The van der Waals surface area contributed by atoms with Gasteiger partial charge in [-0.2, -0.15) is 0 Å². The maximum atomic E-state index is 5.07. The standard InChI is InChI=1S/C16H37N5O/c1-6-17-16(19-11-14-21(7-2)8-3)18-10-13-20(4)12-9-15-22-5/h6-15H2,1-5H3,(H2,17,18,19). The zero-order chi connectivity index (χ0) is 16.6. The molecule has 0 fully saturated rings. The van der Waals surface area contributed by atoms with E-state index in [9.17, 15) is 0 Å². The summed E-state index contributed by atoms with van der Waals surface area (Å²) in [6.07, 6.45) is 1.07. The van der Waals surface area contributed by atoms with Crippen LogP contribution in [-0.2, 0) is 4.74 Å². The maximum Gasteiger partial charge on any atom is 0.191 e. The summed E-state index contributed by atoms with van der Waals surface area (Å²) in [6.45, 7) is 15.2. The van der Waals surface area contributed by atoms with Gasteiger partial charge in [-0.05, 0) is 33.5 Å². The summed E-state index contributed by atoms with van der Waals surface area (Å²) in [4.78, 5) is 9.33. The summed E-state index contributed by atoms with van der Waals surface area (Å²) >= 11 is 0. The normalized spacial score (nSPS) is 12.2. The molecule has 0 saturated carbocycles. The van der Waals surface area contributed by atoms with Crippen molar-refractivity contribution < 1.29 is 4.74 Å². The van der Waals surface area contributed by atoms with Crippen molar-refractivity contribution in [2.75, 3.05) is 73.1 Å². The first-order valence-electron chi connectivity index (χ1n) is 8.59. The van der Waals surface area contributed by atoms with Gasteiger partial charge in [0, 0.05) is 46.4 Å². The topological polar surface area (TPSA) is 52.1 Å². The van der Waals surface area contributed by atoms with Crippen molar-refractivity contribution in [1.82, 2.24) is 20.4 Å². The highest BCUT2D eigenvalue weighted by molar-refractivity contribution is 5.79. The van der Waals surface area contributed by atoms with Crippen LogP contribution in [0.4, 0.5) is 0 Å². The van der Waals surface area contributed by atoms with Crippen molar-refractivity contribution in [3.63, 3.8) is 0 Å². The Labute approximate surface area is 137 Å². The van der Waals surface area contributed by atoms with Crippen LogP contribution in [0.3, 0.4) is 0 Å². The molecule has 0 radical (unpaired) electrons. The van der Waals surface area contributed by atoms with Crippen LogP contribution in [0.15, 0.2) is 4.99 Å². The molecule has 0 bridgehead atoms. The third-order valence-corrected chi connectivity index (χ3v) is 3.60. The van der Waals surface area contributed by atoms with E-state index >= 15 is 0 Å². The van der Waals surface area contributed by atoms with Gasteiger partial charge in [0.2, 0.25) is 0 Å². The van der Waals surface area contributed by atoms with Crippen LogP contribution < -0.4 is 10.6 Å². The summed E-state index contributed by atoms with van der Waals surface area (Å²) in [6, 6.07) is 0. The van der Waals surface area contributed by atoms with E-state index in [0.29, 0.717) is 0 Å². The van der Waals surface area contributed by atoms with E-state index in [0.717, 1.165) is 71.3 Å². The average Bonchev–Trinajstić information content (AvgIpc) is 2.51. The second kappa shape index (κ2) is 15.1. The number of likely N-dealkylation sites (N-methyl/N-ethyl adjacent to an activating group) is 2. The Kier molecular flexibility index (Phi) is 14.5. The zero-order valence-electron chi connectivity index (χ0n) is 15.3. The summed E-state index contributed by atoms with van der Waals surface area (Å²) in [5.74, 6) is 0.917. The Bertz CT molecular complexity index is 269. The van der Waals surface area contributed by atoms with Crippen LogP contribution in [0.2, 0.25) is 0 Å². The number of ether oxygens (including phenoxy) is 1. The molecule has 0 atom stereocenters. The van der Waals surface area contributed by atoms with Crippen molar-refractivity contribution in [2.45, 2.75) is 27.2 Å². The van der Waals surface area contributed by atoms with Crippen molar-refractivity contribution >= 4 is 5.96 Å². The van der Waals surface area contributed by atoms with Gasteiger partial charge in [0.15, 0.2) is 5.96 Å². The van der Waals surface area contributed by atoms with E-state index in [-0.39, 0.29) is 0 Å². The summed E-state index contributed by atoms with van der Waals surface area (Å²) < 4.78 is 5.07. The number of nitrogens with one attached hydrogen (secondary N) is 2. The Morgan fingerprint density at radius 2 is 1.77 bits per heavy atom. The molecule has 0 aromatic carbocycles. The van der Waals surface area contributed by atoms with Crippen LogP contribution in [-0.4, -0.2) is 88.9 Å². The Morgan fingerprint density at radius 3 is 2.36 bits per heavy atom. The summed E-state index contributed by atoms with van der Waals surface area (Å²) in [7, 11) is 3.89. The predicted molar refractivity (Wildman–Crippen MR) is 95.8 cm³/mol. The number of rotatable bonds is 13. The van der Waals surface area contributed by atoms with E-state index in [2.05, 4.69) is 53.2 Å². The first kappa shape index (κ1) is 21.1. The minimum Gasteiger partial charge on any atom is -0.385 e. The van der Waals surface area contributed by atoms with Gasteiger partial charge in [-0.3, -0.25) is 4.99 Å². The molecule has 0 rings (SSSR count). The van der Waals surface area contributed by atoms with Crippen molar-refractivity contribution in [2.24, 2.45) is 4.99 Å². The van der Waals surface area contributed by atoms with Gasteiger partial charge >= 0.3 is 0 Å².